The maximum Gasteiger partial charge on any atom is 0.323 e. The first kappa shape index (κ1) is 20.1. The second-order valence-electron chi connectivity index (χ2n) is 5.55. The van der Waals surface area contributed by atoms with Crippen LogP contribution in [0.3, 0.4) is 0 Å². The lowest BCUT2D eigenvalue weighted by molar-refractivity contribution is -0.137. The zero-order chi connectivity index (χ0) is 19.2. The summed E-state index contributed by atoms with van der Waals surface area (Å²) in [6.45, 7) is 1.96. The van der Waals surface area contributed by atoms with E-state index in [-0.39, 0.29) is 17.0 Å². The van der Waals surface area contributed by atoms with Crippen molar-refractivity contribution in [1.82, 2.24) is 9.62 Å². The van der Waals surface area contributed by atoms with E-state index in [0.717, 1.165) is 4.88 Å². The molecule has 1 heterocycles. The molecule has 7 nitrogen and oxygen atoms in total. The topological polar surface area (TPSA) is 104 Å². The predicted octanol–water partition coefficient (Wildman–Crippen LogP) is 2.16. The highest BCUT2D eigenvalue weighted by atomic mass is 32.2. The number of hydrogen-bond acceptors (Lipinski definition) is 5. The Hall–Kier alpha value is -2.23. The van der Waals surface area contributed by atoms with Crippen molar-refractivity contribution in [2.24, 2.45) is 0 Å². The Morgan fingerprint density at radius 3 is 2.42 bits per heavy atom. The van der Waals surface area contributed by atoms with Gasteiger partial charge in [0.05, 0.1) is 4.90 Å². The number of rotatable bonds is 9. The summed E-state index contributed by atoms with van der Waals surface area (Å²) in [5.41, 5.74) is 0.247. The number of sulfonamides is 1. The van der Waals surface area contributed by atoms with Gasteiger partial charge in [0.2, 0.25) is 10.0 Å². The summed E-state index contributed by atoms with van der Waals surface area (Å²) in [4.78, 5) is 25.5. The lowest BCUT2D eigenvalue weighted by atomic mass is 10.2. The van der Waals surface area contributed by atoms with Gasteiger partial charge in [-0.25, -0.2) is 13.1 Å². The molecule has 0 bridgehead atoms. The first-order chi connectivity index (χ1) is 12.3. The molecule has 0 radical (unpaired) electrons. The molecule has 140 valence electrons. The van der Waals surface area contributed by atoms with E-state index in [9.17, 15) is 18.0 Å². The summed E-state index contributed by atoms with van der Waals surface area (Å²) in [5, 5.41) is 10.8. The molecule has 2 aromatic rings. The molecule has 0 aliphatic heterocycles. The maximum absolute atomic E-state index is 12.4. The van der Waals surface area contributed by atoms with Crippen LogP contribution in [-0.2, 0) is 21.4 Å². The second kappa shape index (κ2) is 8.93. The number of carboxylic acids is 1. The van der Waals surface area contributed by atoms with Gasteiger partial charge in [-0.3, -0.25) is 9.59 Å². The minimum atomic E-state index is -3.69. The Balaban J connectivity index is 2.10. The standard InChI is InChI=1S/C17H20N2O5S2/c1-2-9-19(12-16(20)21)17(22)13-5-7-15(8-6-13)26(23,24)18-11-14-4-3-10-25-14/h3-8,10,18H,2,9,11-12H2,1H3,(H,20,21). The molecule has 9 heteroatoms. The highest BCUT2D eigenvalue weighted by molar-refractivity contribution is 7.89. The number of amides is 1. The minimum absolute atomic E-state index is 0.0471. The number of carboxylic acid groups (broad SMARTS) is 1. The van der Waals surface area contributed by atoms with Crippen molar-refractivity contribution in [3.05, 3.63) is 52.2 Å². The molecular weight excluding hydrogens is 376 g/mol. The molecule has 26 heavy (non-hydrogen) atoms. The predicted molar refractivity (Wildman–Crippen MR) is 98.6 cm³/mol. The number of thiophene rings is 1. The fourth-order valence-corrected chi connectivity index (χ4v) is 4.05. The van der Waals surface area contributed by atoms with E-state index in [1.165, 1.54) is 40.5 Å². The zero-order valence-electron chi connectivity index (χ0n) is 14.2. The van der Waals surface area contributed by atoms with Crippen LogP contribution in [0.25, 0.3) is 0 Å². The Morgan fingerprint density at radius 1 is 1.19 bits per heavy atom. The number of carbonyl (C=O) groups excluding carboxylic acids is 1. The number of benzene rings is 1. The van der Waals surface area contributed by atoms with Gasteiger partial charge >= 0.3 is 5.97 Å². The van der Waals surface area contributed by atoms with Crippen molar-refractivity contribution >= 4 is 33.2 Å². The average molecular weight is 396 g/mol. The summed E-state index contributed by atoms with van der Waals surface area (Å²) >= 11 is 1.45. The van der Waals surface area contributed by atoms with E-state index in [4.69, 9.17) is 5.11 Å². The summed E-state index contributed by atoms with van der Waals surface area (Å²) < 4.78 is 27.1. The van der Waals surface area contributed by atoms with Gasteiger partial charge in [-0.05, 0) is 42.1 Å². The first-order valence-electron chi connectivity index (χ1n) is 7.96. The van der Waals surface area contributed by atoms with Crippen LogP contribution in [0.2, 0.25) is 0 Å². The van der Waals surface area contributed by atoms with Crippen LogP contribution in [-0.4, -0.2) is 43.4 Å². The van der Waals surface area contributed by atoms with Gasteiger partial charge in [-0.2, -0.15) is 0 Å². The fraction of sp³-hybridized carbons (Fsp3) is 0.294. The van der Waals surface area contributed by atoms with E-state index >= 15 is 0 Å². The molecule has 1 aromatic heterocycles. The van der Waals surface area contributed by atoms with Gasteiger partial charge in [-0.15, -0.1) is 11.3 Å². The Morgan fingerprint density at radius 2 is 1.88 bits per heavy atom. The summed E-state index contributed by atoms with van der Waals surface area (Å²) in [6.07, 6.45) is 0.623. The van der Waals surface area contributed by atoms with Crippen LogP contribution in [0, 0.1) is 0 Å². The first-order valence-corrected chi connectivity index (χ1v) is 10.3. The van der Waals surface area contributed by atoms with Crippen LogP contribution >= 0.6 is 11.3 Å². The molecule has 0 unspecified atom stereocenters. The van der Waals surface area contributed by atoms with Crippen LogP contribution in [0.15, 0.2) is 46.7 Å². The van der Waals surface area contributed by atoms with Crippen molar-refractivity contribution in [2.45, 2.75) is 24.8 Å². The number of nitrogens with one attached hydrogen (secondary N) is 1. The van der Waals surface area contributed by atoms with Gasteiger partial charge in [0, 0.05) is 23.5 Å². The monoisotopic (exact) mass is 396 g/mol. The fourth-order valence-electron chi connectivity index (χ4n) is 2.31. The lowest BCUT2D eigenvalue weighted by Gasteiger charge is -2.20. The molecule has 0 saturated heterocycles. The molecule has 1 aromatic carbocycles. The van der Waals surface area contributed by atoms with Gasteiger partial charge in [0.1, 0.15) is 6.54 Å². The van der Waals surface area contributed by atoms with Crippen LogP contribution in [0.1, 0.15) is 28.6 Å². The van der Waals surface area contributed by atoms with Gasteiger partial charge < -0.3 is 10.0 Å². The number of aliphatic carboxylic acids is 1. The highest BCUT2D eigenvalue weighted by Gasteiger charge is 2.19. The largest absolute Gasteiger partial charge is 0.480 e. The van der Waals surface area contributed by atoms with Crippen molar-refractivity contribution in [2.75, 3.05) is 13.1 Å². The number of nitrogens with zero attached hydrogens (tertiary/aromatic N) is 1. The van der Waals surface area contributed by atoms with E-state index in [1.54, 1.807) is 0 Å². The Kier molecular flexibility index (Phi) is 6.90. The normalized spacial score (nSPS) is 11.3. The van der Waals surface area contributed by atoms with Crippen molar-refractivity contribution in [3.8, 4) is 0 Å². The molecule has 0 atom stereocenters. The van der Waals surface area contributed by atoms with Crippen molar-refractivity contribution < 1.29 is 23.1 Å². The SMILES string of the molecule is CCCN(CC(=O)O)C(=O)c1ccc(S(=O)(=O)NCc2cccs2)cc1. The summed E-state index contributed by atoms with van der Waals surface area (Å²) in [6, 6.07) is 9.15. The minimum Gasteiger partial charge on any atom is -0.480 e. The third-order valence-electron chi connectivity index (χ3n) is 3.53. The quantitative estimate of drug-likeness (QED) is 0.676. The average Bonchev–Trinajstić information content (AvgIpc) is 3.12. The molecular formula is C17H20N2O5S2. The van der Waals surface area contributed by atoms with Gasteiger partial charge in [-0.1, -0.05) is 13.0 Å². The third-order valence-corrected chi connectivity index (χ3v) is 5.83. The van der Waals surface area contributed by atoms with Gasteiger partial charge in [0.25, 0.3) is 5.91 Å². The third kappa shape index (κ3) is 5.38. The molecule has 2 rings (SSSR count). The second-order valence-corrected chi connectivity index (χ2v) is 8.35. The number of hydrogen-bond donors (Lipinski definition) is 2. The molecule has 0 spiro atoms. The summed E-state index contributed by atoms with van der Waals surface area (Å²) in [5.74, 6) is -1.53. The van der Waals surface area contributed by atoms with Crippen molar-refractivity contribution in [1.29, 1.82) is 0 Å². The smallest absolute Gasteiger partial charge is 0.323 e. The van der Waals surface area contributed by atoms with E-state index in [2.05, 4.69) is 4.72 Å². The van der Waals surface area contributed by atoms with E-state index in [1.807, 2.05) is 24.4 Å². The van der Waals surface area contributed by atoms with Crippen LogP contribution in [0.5, 0.6) is 0 Å². The van der Waals surface area contributed by atoms with Gasteiger partial charge in [0.15, 0.2) is 0 Å². The van der Waals surface area contributed by atoms with Crippen LogP contribution in [0.4, 0.5) is 0 Å². The van der Waals surface area contributed by atoms with E-state index < -0.39 is 28.4 Å². The summed E-state index contributed by atoms with van der Waals surface area (Å²) in [7, 11) is -3.69. The molecule has 1 amide bonds. The molecule has 2 N–H and O–H groups in total. The van der Waals surface area contributed by atoms with Crippen molar-refractivity contribution in [3.63, 3.8) is 0 Å². The molecule has 0 fully saturated rings. The maximum atomic E-state index is 12.4. The van der Waals surface area contributed by atoms with Crippen LogP contribution < -0.4 is 4.72 Å². The Bertz CT molecular complexity index is 846. The molecule has 0 aliphatic carbocycles. The zero-order valence-corrected chi connectivity index (χ0v) is 15.8. The molecule has 0 aliphatic rings. The number of carbonyl (C=O) groups is 2. The lowest BCUT2D eigenvalue weighted by Crippen LogP contribution is -2.36. The Labute approximate surface area is 156 Å². The highest BCUT2D eigenvalue weighted by Crippen LogP contribution is 2.14. The molecule has 0 saturated carbocycles. The van der Waals surface area contributed by atoms with E-state index in [0.29, 0.717) is 13.0 Å².